The summed E-state index contributed by atoms with van der Waals surface area (Å²) in [6, 6.07) is 18.0. The molecule has 4 heterocycles. The third-order valence-corrected chi connectivity index (χ3v) is 8.76. The number of nitrogens with one attached hydrogen (secondary N) is 1. The predicted octanol–water partition coefficient (Wildman–Crippen LogP) is 3.74. The zero-order chi connectivity index (χ0) is 28.9. The Balaban J connectivity index is 1.08. The number of aromatic nitrogens is 5. The second kappa shape index (κ2) is 12.6. The lowest BCUT2D eigenvalue weighted by molar-refractivity contribution is -0.131. The molecule has 5 aromatic rings. The van der Waals surface area contributed by atoms with Crippen molar-refractivity contribution in [3.05, 3.63) is 105 Å². The zero-order valence-corrected chi connectivity index (χ0v) is 24.2. The standard InChI is InChI=1S/C30H27N7O3S2/c38-24(34-29-33-23(18-41-29)16-25(39)36-14-11-21-8-4-5-9-22(21)17-36)19-42-30-35-27-26(31-12-13-32-27)28(40)37(30)15-10-20-6-2-1-3-7-20/h1-9,12-13,18H,10-11,14-17,19H2,(H,33,34,38). The van der Waals surface area contributed by atoms with Gasteiger partial charge in [-0.1, -0.05) is 66.4 Å². The number of carbonyl (C=O) groups excluding carboxylic acids is 2. The maximum atomic E-state index is 13.2. The van der Waals surface area contributed by atoms with E-state index < -0.39 is 0 Å². The summed E-state index contributed by atoms with van der Waals surface area (Å²) >= 11 is 2.44. The third-order valence-electron chi connectivity index (χ3n) is 6.97. The van der Waals surface area contributed by atoms with Crippen molar-refractivity contribution < 1.29 is 9.59 Å². The molecule has 0 bridgehead atoms. The Labute approximate surface area is 249 Å². The van der Waals surface area contributed by atoms with Gasteiger partial charge in [0, 0.05) is 37.4 Å². The van der Waals surface area contributed by atoms with E-state index in [9.17, 15) is 14.4 Å². The first-order valence-electron chi connectivity index (χ1n) is 13.5. The average Bonchev–Trinajstić information content (AvgIpc) is 3.46. The van der Waals surface area contributed by atoms with Gasteiger partial charge in [-0.15, -0.1) is 11.3 Å². The summed E-state index contributed by atoms with van der Waals surface area (Å²) < 4.78 is 1.55. The smallest absolute Gasteiger partial charge is 0.282 e. The summed E-state index contributed by atoms with van der Waals surface area (Å²) in [5, 5.41) is 5.42. The third kappa shape index (κ3) is 6.39. The molecule has 12 heteroatoms. The molecule has 0 unspecified atom stereocenters. The Morgan fingerprint density at radius 3 is 2.62 bits per heavy atom. The van der Waals surface area contributed by atoms with E-state index in [1.54, 1.807) is 9.95 Å². The molecule has 42 heavy (non-hydrogen) atoms. The van der Waals surface area contributed by atoms with Crippen LogP contribution >= 0.6 is 23.1 Å². The minimum atomic E-state index is -0.293. The molecule has 0 fully saturated rings. The molecule has 0 aliphatic carbocycles. The highest BCUT2D eigenvalue weighted by atomic mass is 32.2. The fourth-order valence-electron chi connectivity index (χ4n) is 4.83. The lowest BCUT2D eigenvalue weighted by Crippen LogP contribution is -2.36. The average molecular weight is 598 g/mol. The van der Waals surface area contributed by atoms with Crippen LogP contribution in [-0.4, -0.2) is 53.5 Å². The normalized spacial score (nSPS) is 12.7. The van der Waals surface area contributed by atoms with Gasteiger partial charge in [0.1, 0.15) is 0 Å². The van der Waals surface area contributed by atoms with Crippen molar-refractivity contribution >= 4 is 51.2 Å². The van der Waals surface area contributed by atoms with Crippen LogP contribution in [0, 0.1) is 0 Å². The number of carbonyl (C=O) groups is 2. The fourth-order valence-corrected chi connectivity index (χ4v) is 6.37. The monoisotopic (exact) mass is 597 g/mol. The van der Waals surface area contributed by atoms with E-state index in [1.807, 2.05) is 47.4 Å². The lowest BCUT2D eigenvalue weighted by atomic mass is 10.00. The summed E-state index contributed by atoms with van der Waals surface area (Å²) in [6.07, 6.45) is 4.60. The van der Waals surface area contributed by atoms with Gasteiger partial charge in [0.15, 0.2) is 21.5 Å². The Morgan fingerprint density at radius 1 is 0.976 bits per heavy atom. The first kappa shape index (κ1) is 27.7. The molecule has 6 rings (SSSR count). The number of thiazole rings is 1. The number of nitrogens with zero attached hydrogens (tertiary/aromatic N) is 6. The van der Waals surface area contributed by atoms with Crippen molar-refractivity contribution in [3.8, 4) is 0 Å². The van der Waals surface area contributed by atoms with E-state index in [4.69, 9.17) is 0 Å². The minimum Gasteiger partial charge on any atom is -0.338 e. The highest BCUT2D eigenvalue weighted by Crippen LogP contribution is 2.22. The van der Waals surface area contributed by atoms with Crippen LogP contribution in [0.25, 0.3) is 11.2 Å². The molecule has 0 saturated heterocycles. The van der Waals surface area contributed by atoms with Crippen LogP contribution in [0.2, 0.25) is 0 Å². The van der Waals surface area contributed by atoms with Crippen molar-refractivity contribution in [3.63, 3.8) is 0 Å². The van der Waals surface area contributed by atoms with E-state index in [0.717, 1.165) is 23.7 Å². The second-order valence-corrected chi connectivity index (χ2v) is 11.6. The molecule has 0 radical (unpaired) electrons. The molecule has 0 atom stereocenters. The van der Waals surface area contributed by atoms with E-state index >= 15 is 0 Å². The van der Waals surface area contributed by atoms with Crippen LogP contribution in [0.1, 0.15) is 22.4 Å². The van der Waals surface area contributed by atoms with E-state index in [-0.39, 0.29) is 40.7 Å². The lowest BCUT2D eigenvalue weighted by Gasteiger charge is -2.28. The minimum absolute atomic E-state index is 0.0159. The summed E-state index contributed by atoms with van der Waals surface area (Å²) in [4.78, 5) is 58.2. The van der Waals surface area contributed by atoms with Gasteiger partial charge in [-0.3, -0.25) is 19.0 Å². The van der Waals surface area contributed by atoms with Crippen molar-refractivity contribution in [2.75, 3.05) is 17.6 Å². The van der Waals surface area contributed by atoms with Crippen LogP contribution in [0.3, 0.4) is 0 Å². The molecule has 10 nitrogen and oxygen atoms in total. The van der Waals surface area contributed by atoms with Gasteiger partial charge in [0.25, 0.3) is 5.56 Å². The maximum Gasteiger partial charge on any atom is 0.282 e. The van der Waals surface area contributed by atoms with Crippen molar-refractivity contribution in [2.24, 2.45) is 0 Å². The molecule has 1 aliphatic heterocycles. The van der Waals surface area contributed by atoms with Crippen LogP contribution < -0.4 is 10.9 Å². The molecule has 1 N–H and O–H groups in total. The molecular formula is C30H27N7O3S2. The topological polar surface area (TPSA) is 123 Å². The number of rotatable bonds is 9. The number of benzene rings is 2. The van der Waals surface area contributed by atoms with E-state index in [1.165, 1.54) is 34.9 Å². The van der Waals surface area contributed by atoms with Gasteiger partial charge >= 0.3 is 0 Å². The predicted molar refractivity (Wildman–Crippen MR) is 162 cm³/mol. The van der Waals surface area contributed by atoms with Crippen LogP contribution in [0.15, 0.2) is 82.3 Å². The molecule has 3 aromatic heterocycles. The molecular weight excluding hydrogens is 571 g/mol. The highest BCUT2D eigenvalue weighted by Gasteiger charge is 2.22. The Morgan fingerprint density at radius 2 is 1.76 bits per heavy atom. The summed E-state index contributed by atoms with van der Waals surface area (Å²) in [7, 11) is 0. The van der Waals surface area contributed by atoms with Gasteiger partial charge in [0.2, 0.25) is 11.8 Å². The number of anilines is 1. The maximum absolute atomic E-state index is 13.2. The number of fused-ring (bicyclic) bond motifs is 2. The number of amides is 2. The second-order valence-electron chi connectivity index (χ2n) is 9.81. The van der Waals surface area contributed by atoms with Gasteiger partial charge < -0.3 is 10.2 Å². The van der Waals surface area contributed by atoms with Crippen LogP contribution in [0.4, 0.5) is 5.13 Å². The zero-order valence-electron chi connectivity index (χ0n) is 22.6. The highest BCUT2D eigenvalue weighted by molar-refractivity contribution is 7.99. The van der Waals surface area contributed by atoms with Gasteiger partial charge in [0.05, 0.1) is 17.9 Å². The van der Waals surface area contributed by atoms with Crippen molar-refractivity contribution in [1.82, 2.24) is 29.4 Å². The van der Waals surface area contributed by atoms with Gasteiger partial charge in [-0.2, -0.15) is 0 Å². The number of thioether (sulfide) groups is 1. The molecule has 1 aliphatic rings. The van der Waals surface area contributed by atoms with Crippen LogP contribution in [-0.2, 0) is 41.9 Å². The van der Waals surface area contributed by atoms with Crippen LogP contribution in [0.5, 0.6) is 0 Å². The van der Waals surface area contributed by atoms with Gasteiger partial charge in [-0.25, -0.2) is 19.9 Å². The van der Waals surface area contributed by atoms with E-state index in [0.29, 0.717) is 42.0 Å². The summed E-state index contributed by atoms with van der Waals surface area (Å²) in [5.74, 6) is -0.255. The van der Waals surface area contributed by atoms with Gasteiger partial charge in [-0.05, 0) is 29.5 Å². The van der Waals surface area contributed by atoms with Crippen molar-refractivity contribution in [2.45, 2.75) is 37.5 Å². The number of hydrogen-bond donors (Lipinski definition) is 1. The first-order valence-corrected chi connectivity index (χ1v) is 15.4. The first-order chi connectivity index (χ1) is 20.5. The molecule has 212 valence electrons. The van der Waals surface area contributed by atoms with Crippen molar-refractivity contribution in [1.29, 1.82) is 0 Å². The molecule has 2 aromatic carbocycles. The fraction of sp³-hybridized carbons (Fsp3) is 0.233. The Hall–Kier alpha value is -4.42. The Bertz CT molecular complexity index is 1810. The largest absolute Gasteiger partial charge is 0.338 e. The molecule has 2 amide bonds. The van der Waals surface area contributed by atoms with E-state index in [2.05, 4.69) is 37.4 Å². The molecule has 0 saturated carbocycles. The number of hydrogen-bond acceptors (Lipinski definition) is 9. The Kier molecular flexibility index (Phi) is 8.33. The summed E-state index contributed by atoms with van der Waals surface area (Å²) in [6.45, 7) is 1.68. The summed E-state index contributed by atoms with van der Waals surface area (Å²) in [5.41, 5.74) is 4.32. The number of aryl methyl sites for hydroxylation is 1. The quantitative estimate of drug-likeness (QED) is 0.201. The molecule has 0 spiro atoms. The SMILES string of the molecule is O=C(CSc1nc2nccnc2c(=O)n1CCc1ccccc1)Nc1nc(CC(=O)N2CCc3ccccc3C2)cs1.